The molecule has 0 spiro atoms. The molecular weight excluding hydrogens is 294 g/mol. The van der Waals surface area contributed by atoms with Crippen molar-refractivity contribution >= 4 is 16.0 Å². The molecule has 0 aromatic rings. The number of aliphatic hydroxyl groups is 1. The highest BCUT2D eigenvalue weighted by molar-refractivity contribution is 7.90. The van der Waals surface area contributed by atoms with Crippen LogP contribution in [0.25, 0.3) is 0 Å². The SMILES string of the molecule is CCC(CC)(CO)CNS(=O)(=O)C1CCCC1C(=O)OC. The summed E-state index contributed by atoms with van der Waals surface area (Å²) in [5.74, 6) is -1.04. The predicted octanol–water partition coefficient (Wildman–Crippen LogP) is 1.05. The highest BCUT2D eigenvalue weighted by Gasteiger charge is 2.42. The first-order valence-corrected chi connectivity index (χ1v) is 9.07. The van der Waals surface area contributed by atoms with Gasteiger partial charge in [0, 0.05) is 18.6 Å². The molecule has 0 aliphatic heterocycles. The second kappa shape index (κ2) is 7.56. The van der Waals surface area contributed by atoms with Crippen molar-refractivity contribution in [3.8, 4) is 0 Å². The van der Waals surface area contributed by atoms with Gasteiger partial charge in [-0.15, -0.1) is 0 Å². The van der Waals surface area contributed by atoms with E-state index in [1.165, 1.54) is 7.11 Å². The van der Waals surface area contributed by atoms with Crippen molar-refractivity contribution in [1.29, 1.82) is 0 Å². The Morgan fingerprint density at radius 2 is 1.95 bits per heavy atom. The van der Waals surface area contributed by atoms with Crippen LogP contribution in [0.4, 0.5) is 0 Å². The predicted molar refractivity (Wildman–Crippen MR) is 80.2 cm³/mol. The summed E-state index contributed by atoms with van der Waals surface area (Å²) in [6.07, 6.45) is 3.10. The van der Waals surface area contributed by atoms with E-state index in [-0.39, 0.29) is 13.2 Å². The van der Waals surface area contributed by atoms with E-state index >= 15 is 0 Å². The molecule has 1 aliphatic carbocycles. The van der Waals surface area contributed by atoms with Crippen molar-refractivity contribution in [2.24, 2.45) is 11.3 Å². The second-order valence-corrected chi connectivity index (χ2v) is 7.81. The van der Waals surface area contributed by atoms with Crippen LogP contribution >= 0.6 is 0 Å². The maximum absolute atomic E-state index is 12.5. The van der Waals surface area contributed by atoms with Gasteiger partial charge in [-0.25, -0.2) is 13.1 Å². The average molecular weight is 321 g/mol. The largest absolute Gasteiger partial charge is 0.469 e. The molecule has 1 aliphatic rings. The number of rotatable bonds is 8. The molecule has 6 nitrogen and oxygen atoms in total. The van der Waals surface area contributed by atoms with Gasteiger partial charge in [0.2, 0.25) is 10.0 Å². The fraction of sp³-hybridized carbons (Fsp3) is 0.929. The average Bonchev–Trinajstić information content (AvgIpc) is 2.99. The van der Waals surface area contributed by atoms with Gasteiger partial charge >= 0.3 is 5.97 Å². The number of sulfonamides is 1. The van der Waals surface area contributed by atoms with Crippen LogP contribution in [-0.4, -0.2) is 45.0 Å². The van der Waals surface area contributed by atoms with Crippen molar-refractivity contribution in [1.82, 2.24) is 4.72 Å². The number of carbonyl (C=O) groups excluding carboxylic acids is 1. The molecule has 1 rings (SSSR count). The van der Waals surface area contributed by atoms with Crippen LogP contribution in [0, 0.1) is 11.3 Å². The lowest BCUT2D eigenvalue weighted by molar-refractivity contribution is -0.145. The quantitative estimate of drug-likeness (QED) is 0.652. The van der Waals surface area contributed by atoms with E-state index in [4.69, 9.17) is 4.74 Å². The highest BCUT2D eigenvalue weighted by atomic mass is 32.2. The van der Waals surface area contributed by atoms with Crippen molar-refractivity contribution in [2.45, 2.75) is 51.2 Å². The zero-order chi connectivity index (χ0) is 16.1. The minimum absolute atomic E-state index is 0.0619. The molecule has 0 radical (unpaired) electrons. The highest BCUT2D eigenvalue weighted by Crippen LogP contribution is 2.32. The van der Waals surface area contributed by atoms with E-state index in [2.05, 4.69) is 4.72 Å². The van der Waals surface area contributed by atoms with E-state index in [9.17, 15) is 18.3 Å². The van der Waals surface area contributed by atoms with Crippen LogP contribution in [0.2, 0.25) is 0 Å². The van der Waals surface area contributed by atoms with E-state index in [1.54, 1.807) is 0 Å². The van der Waals surface area contributed by atoms with Crippen molar-refractivity contribution < 1.29 is 23.1 Å². The van der Waals surface area contributed by atoms with Gasteiger partial charge in [-0.05, 0) is 25.7 Å². The van der Waals surface area contributed by atoms with Crippen LogP contribution in [0.5, 0.6) is 0 Å². The van der Waals surface area contributed by atoms with E-state index in [1.807, 2.05) is 13.8 Å². The number of esters is 1. The summed E-state index contributed by atoms with van der Waals surface area (Å²) in [5.41, 5.74) is -0.438. The molecule has 0 bridgehead atoms. The number of hydrogen-bond acceptors (Lipinski definition) is 5. The maximum Gasteiger partial charge on any atom is 0.310 e. The Balaban J connectivity index is 2.79. The number of nitrogens with one attached hydrogen (secondary N) is 1. The van der Waals surface area contributed by atoms with Gasteiger partial charge < -0.3 is 9.84 Å². The normalized spacial score (nSPS) is 23.2. The summed E-state index contributed by atoms with van der Waals surface area (Å²) in [6, 6.07) is 0. The molecule has 2 unspecified atom stereocenters. The Morgan fingerprint density at radius 1 is 1.33 bits per heavy atom. The van der Waals surface area contributed by atoms with Crippen LogP contribution in [0.3, 0.4) is 0 Å². The summed E-state index contributed by atoms with van der Waals surface area (Å²) in [7, 11) is -2.31. The molecule has 0 saturated heterocycles. The summed E-state index contributed by atoms with van der Waals surface area (Å²) < 4.78 is 32.2. The van der Waals surface area contributed by atoms with Gasteiger partial charge in [0.15, 0.2) is 0 Å². The lowest BCUT2D eigenvalue weighted by Gasteiger charge is -2.30. The summed E-state index contributed by atoms with van der Waals surface area (Å²) >= 11 is 0. The van der Waals surface area contributed by atoms with Gasteiger partial charge in [0.1, 0.15) is 0 Å². The van der Waals surface area contributed by atoms with Crippen LogP contribution in [-0.2, 0) is 19.6 Å². The fourth-order valence-corrected chi connectivity index (χ4v) is 4.74. The zero-order valence-corrected chi connectivity index (χ0v) is 13.9. The van der Waals surface area contributed by atoms with Crippen LogP contribution in [0.15, 0.2) is 0 Å². The molecule has 0 amide bonds. The minimum Gasteiger partial charge on any atom is -0.469 e. The lowest BCUT2D eigenvalue weighted by Crippen LogP contribution is -2.45. The Bertz CT molecular complexity index is 436. The van der Waals surface area contributed by atoms with E-state index < -0.39 is 32.6 Å². The molecule has 0 aromatic carbocycles. The van der Waals surface area contributed by atoms with E-state index in [0.29, 0.717) is 32.1 Å². The second-order valence-electron chi connectivity index (χ2n) is 5.83. The first kappa shape index (κ1) is 18.4. The molecule has 2 N–H and O–H groups in total. The van der Waals surface area contributed by atoms with Gasteiger partial charge in [-0.1, -0.05) is 20.3 Å². The van der Waals surface area contributed by atoms with E-state index in [0.717, 1.165) is 0 Å². The number of aliphatic hydroxyl groups excluding tert-OH is 1. The Labute approximate surface area is 127 Å². The summed E-state index contributed by atoms with van der Waals surface area (Å²) in [6.45, 7) is 4.00. The lowest BCUT2D eigenvalue weighted by atomic mass is 9.84. The van der Waals surface area contributed by atoms with Gasteiger partial charge in [0.05, 0.1) is 18.3 Å². The fourth-order valence-electron chi connectivity index (χ4n) is 2.86. The van der Waals surface area contributed by atoms with Crippen molar-refractivity contribution in [3.05, 3.63) is 0 Å². The molecule has 0 aromatic heterocycles. The Hall–Kier alpha value is -0.660. The topological polar surface area (TPSA) is 92.7 Å². The Kier molecular flexibility index (Phi) is 6.62. The van der Waals surface area contributed by atoms with Crippen molar-refractivity contribution in [2.75, 3.05) is 20.3 Å². The zero-order valence-electron chi connectivity index (χ0n) is 13.1. The van der Waals surface area contributed by atoms with Gasteiger partial charge in [-0.2, -0.15) is 0 Å². The number of methoxy groups -OCH3 is 1. The maximum atomic E-state index is 12.5. The summed E-state index contributed by atoms with van der Waals surface area (Å²) in [5, 5.41) is 8.78. The molecule has 2 atom stereocenters. The van der Waals surface area contributed by atoms with Gasteiger partial charge in [-0.3, -0.25) is 4.79 Å². The molecule has 1 fully saturated rings. The number of carbonyl (C=O) groups is 1. The first-order valence-electron chi connectivity index (χ1n) is 7.53. The molecule has 21 heavy (non-hydrogen) atoms. The smallest absolute Gasteiger partial charge is 0.310 e. The molecule has 124 valence electrons. The number of ether oxygens (including phenoxy) is 1. The van der Waals surface area contributed by atoms with Gasteiger partial charge in [0.25, 0.3) is 0 Å². The monoisotopic (exact) mass is 321 g/mol. The third-order valence-corrected chi connectivity index (χ3v) is 6.75. The Morgan fingerprint density at radius 3 is 2.43 bits per heavy atom. The number of hydrogen-bond donors (Lipinski definition) is 2. The standard InChI is InChI=1S/C14H27NO5S/c1-4-14(5-2,10-16)9-15-21(18,19)12-8-6-7-11(12)13(17)20-3/h11-12,15-16H,4-10H2,1-3H3. The van der Waals surface area contributed by atoms with Crippen molar-refractivity contribution in [3.63, 3.8) is 0 Å². The minimum atomic E-state index is -3.59. The molecule has 1 saturated carbocycles. The molecule has 7 heteroatoms. The molecule has 0 heterocycles. The third-order valence-electron chi connectivity index (χ3n) is 4.84. The van der Waals surface area contributed by atoms with Crippen LogP contribution in [0.1, 0.15) is 46.0 Å². The summed E-state index contributed by atoms with van der Waals surface area (Å²) in [4.78, 5) is 11.7. The molecular formula is C14H27NO5S. The van der Waals surface area contributed by atoms with Crippen LogP contribution < -0.4 is 4.72 Å². The third kappa shape index (κ3) is 4.17. The first-order chi connectivity index (χ1) is 9.85.